The molecule has 0 spiro atoms. The topological polar surface area (TPSA) is 35.2 Å². The Labute approximate surface area is 118 Å². The standard InChI is InChI=1S/C16H16ClNO/c17-14-5-3-13(10-18)15(9-14)11-4-6-16-12(8-11)2-1-7-19-16/h3-6,8-9H,1-2,7,10,18H2. The van der Waals surface area contributed by atoms with Gasteiger partial charge < -0.3 is 10.5 Å². The first-order valence-electron chi connectivity index (χ1n) is 6.52. The molecule has 2 aromatic carbocycles. The molecule has 0 atom stereocenters. The summed E-state index contributed by atoms with van der Waals surface area (Å²) in [5.74, 6) is 1.01. The van der Waals surface area contributed by atoms with Gasteiger partial charge in [0.05, 0.1) is 6.61 Å². The fraction of sp³-hybridized carbons (Fsp3) is 0.250. The summed E-state index contributed by atoms with van der Waals surface area (Å²) in [4.78, 5) is 0. The van der Waals surface area contributed by atoms with Crippen LogP contribution in [0.4, 0.5) is 0 Å². The Morgan fingerprint density at radius 2 is 2.05 bits per heavy atom. The van der Waals surface area contributed by atoms with Gasteiger partial charge in [-0.15, -0.1) is 0 Å². The van der Waals surface area contributed by atoms with Crippen LogP contribution >= 0.6 is 11.6 Å². The molecule has 98 valence electrons. The highest BCUT2D eigenvalue weighted by Gasteiger charge is 2.12. The summed E-state index contributed by atoms with van der Waals surface area (Å²) in [6.45, 7) is 1.33. The lowest BCUT2D eigenvalue weighted by Crippen LogP contribution is -2.08. The van der Waals surface area contributed by atoms with E-state index < -0.39 is 0 Å². The van der Waals surface area contributed by atoms with Gasteiger partial charge in [0, 0.05) is 11.6 Å². The minimum atomic E-state index is 0.514. The molecule has 0 radical (unpaired) electrons. The van der Waals surface area contributed by atoms with E-state index in [1.165, 1.54) is 5.56 Å². The average Bonchev–Trinajstić information content (AvgIpc) is 2.46. The fourth-order valence-electron chi connectivity index (χ4n) is 2.52. The number of hydrogen-bond donors (Lipinski definition) is 1. The van der Waals surface area contributed by atoms with Crippen LogP contribution in [0, 0.1) is 0 Å². The number of rotatable bonds is 2. The Morgan fingerprint density at radius 3 is 2.89 bits per heavy atom. The normalized spacial score (nSPS) is 13.8. The number of nitrogens with two attached hydrogens (primary N) is 1. The summed E-state index contributed by atoms with van der Waals surface area (Å²) in [6.07, 6.45) is 2.15. The lowest BCUT2D eigenvalue weighted by molar-refractivity contribution is 0.288. The van der Waals surface area contributed by atoms with Crippen LogP contribution in [0.2, 0.25) is 5.02 Å². The third-order valence-corrected chi connectivity index (χ3v) is 3.75. The van der Waals surface area contributed by atoms with Crippen LogP contribution in [0.25, 0.3) is 11.1 Å². The van der Waals surface area contributed by atoms with Gasteiger partial charge in [-0.25, -0.2) is 0 Å². The molecule has 0 saturated heterocycles. The second-order valence-electron chi connectivity index (χ2n) is 4.78. The molecule has 1 heterocycles. The largest absolute Gasteiger partial charge is 0.493 e. The van der Waals surface area contributed by atoms with Gasteiger partial charge in [0.1, 0.15) is 5.75 Å². The molecule has 19 heavy (non-hydrogen) atoms. The Morgan fingerprint density at radius 1 is 1.16 bits per heavy atom. The highest BCUT2D eigenvalue weighted by atomic mass is 35.5. The molecule has 2 aromatic rings. The maximum absolute atomic E-state index is 6.10. The average molecular weight is 274 g/mol. The Hall–Kier alpha value is -1.51. The van der Waals surface area contributed by atoms with Crippen LogP contribution in [0.5, 0.6) is 5.75 Å². The molecule has 0 unspecified atom stereocenters. The summed E-state index contributed by atoms with van der Waals surface area (Å²) in [5, 5.41) is 0.737. The first kappa shape index (κ1) is 12.5. The van der Waals surface area contributed by atoms with E-state index in [0.717, 1.165) is 46.9 Å². The van der Waals surface area contributed by atoms with E-state index in [9.17, 15) is 0 Å². The number of aryl methyl sites for hydroxylation is 1. The van der Waals surface area contributed by atoms with Crippen LogP contribution in [0.1, 0.15) is 17.5 Å². The van der Waals surface area contributed by atoms with E-state index in [2.05, 4.69) is 12.1 Å². The van der Waals surface area contributed by atoms with Crippen LogP contribution in [0.3, 0.4) is 0 Å². The summed E-state index contributed by atoms with van der Waals surface area (Å²) in [7, 11) is 0. The molecule has 0 aliphatic carbocycles. The maximum atomic E-state index is 6.10. The van der Waals surface area contributed by atoms with E-state index in [1.54, 1.807) is 0 Å². The molecule has 0 amide bonds. The molecular weight excluding hydrogens is 258 g/mol. The van der Waals surface area contributed by atoms with E-state index in [0.29, 0.717) is 6.54 Å². The third-order valence-electron chi connectivity index (χ3n) is 3.51. The van der Waals surface area contributed by atoms with Crippen LogP contribution in [-0.2, 0) is 13.0 Å². The predicted octanol–water partition coefficient (Wildman–Crippen LogP) is 3.79. The zero-order chi connectivity index (χ0) is 13.2. The van der Waals surface area contributed by atoms with E-state index in [1.807, 2.05) is 24.3 Å². The molecule has 2 nitrogen and oxygen atoms in total. The molecule has 3 heteroatoms. The first-order chi connectivity index (χ1) is 9.28. The van der Waals surface area contributed by atoms with E-state index >= 15 is 0 Å². The Bertz CT molecular complexity index is 610. The molecular formula is C16H16ClNO. The van der Waals surface area contributed by atoms with Gasteiger partial charge in [-0.1, -0.05) is 23.7 Å². The quantitative estimate of drug-likeness (QED) is 0.903. The van der Waals surface area contributed by atoms with E-state index in [4.69, 9.17) is 22.1 Å². The van der Waals surface area contributed by atoms with Gasteiger partial charge in [-0.05, 0) is 59.4 Å². The van der Waals surface area contributed by atoms with Crippen molar-refractivity contribution in [3.05, 3.63) is 52.5 Å². The Kier molecular flexibility index (Phi) is 3.45. The molecule has 1 aliphatic heterocycles. The smallest absolute Gasteiger partial charge is 0.122 e. The minimum absolute atomic E-state index is 0.514. The molecule has 0 aromatic heterocycles. The fourth-order valence-corrected chi connectivity index (χ4v) is 2.70. The SMILES string of the molecule is NCc1ccc(Cl)cc1-c1ccc2c(c1)CCCO2. The molecule has 1 aliphatic rings. The van der Waals surface area contributed by atoms with Crippen molar-refractivity contribution in [3.8, 4) is 16.9 Å². The van der Waals surface area contributed by atoms with Gasteiger partial charge >= 0.3 is 0 Å². The number of hydrogen-bond acceptors (Lipinski definition) is 2. The maximum Gasteiger partial charge on any atom is 0.122 e. The number of ether oxygens (including phenoxy) is 1. The van der Waals surface area contributed by atoms with E-state index in [-0.39, 0.29) is 0 Å². The lowest BCUT2D eigenvalue weighted by Gasteiger charge is -2.18. The Balaban J connectivity index is 2.09. The minimum Gasteiger partial charge on any atom is -0.493 e. The monoisotopic (exact) mass is 273 g/mol. The first-order valence-corrected chi connectivity index (χ1v) is 6.90. The molecule has 2 N–H and O–H groups in total. The summed E-state index contributed by atoms with van der Waals surface area (Å²) >= 11 is 6.10. The molecule has 0 fully saturated rings. The van der Waals surface area contributed by atoms with Crippen molar-refractivity contribution < 1.29 is 4.74 Å². The second-order valence-corrected chi connectivity index (χ2v) is 5.22. The lowest BCUT2D eigenvalue weighted by atomic mass is 9.96. The van der Waals surface area contributed by atoms with Crippen molar-refractivity contribution in [2.75, 3.05) is 6.61 Å². The van der Waals surface area contributed by atoms with Gasteiger partial charge in [-0.3, -0.25) is 0 Å². The van der Waals surface area contributed by atoms with Gasteiger partial charge in [0.2, 0.25) is 0 Å². The highest BCUT2D eigenvalue weighted by molar-refractivity contribution is 6.30. The zero-order valence-corrected chi connectivity index (χ0v) is 11.4. The van der Waals surface area contributed by atoms with Crippen molar-refractivity contribution in [3.63, 3.8) is 0 Å². The van der Waals surface area contributed by atoms with Crippen LogP contribution in [0.15, 0.2) is 36.4 Å². The zero-order valence-electron chi connectivity index (χ0n) is 10.7. The van der Waals surface area contributed by atoms with Gasteiger partial charge in [0.25, 0.3) is 0 Å². The van der Waals surface area contributed by atoms with Crippen molar-refractivity contribution in [1.29, 1.82) is 0 Å². The molecule has 3 rings (SSSR count). The summed E-state index contributed by atoms with van der Waals surface area (Å²) < 4.78 is 5.64. The van der Waals surface area contributed by atoms with Gasteiger partial charge in [0.15, 0.2) is 0 Å². The highest BCUT2D eigenvalue weighted by Crippen LogP contribution is 2.32. The number of benzene rings is 2. The van der Waals surface area contributed by atoms with Crippen molar-refractivity contribution in [2.24, 2.45) is 5.73 Å². The predicted molar refractivity (Wildman–Crippen MR) is 78.6 cm³/mol. The van der Waals surface area contributed by atoms with Crippen molar-refractivity contribution >= 4 is 11.6 Å². The van der Waals surface area contributed by atoms with Crippen molar-refractivity contribution in [2.45, 2.75) is 19.4 Å². The summed E-state index contributed by atoms with van der Waals surface area (Å²) in [5.41, 5.74) is 10.5. The van der Waals surface area contributed by atoms with Crippen LogP contribution < -0.4 is 10.5 Å². The number of halogens is 1. The summed E-state index contributed by atoms with van der Waals surface area (Å²) in [6, 6.07) is 12.2. The van der Waals surface area contributed by atoms with Crippen LogP contribution in [-0.4, -0.2) is 6.61 Å². The molecule has 0 bridgehead atoms. The third kappa shape index (κ3) is 2.46. The number of fused-ring (bicyclic) bond motifs is 1. The second kappa shape index (κ2) is 5.24. The van der Waals surface area contributed by atoms with Gasteiger partial charge in [-0.2, -0.15) is 0 Å². The van der Waals surface area contributed by atoms with Crippen molar-refractivity contribution in [1.82, 2.24) is 0 Å². The molecule has 0 saturated carbocycles.